The number of imide groups is 1. The maximum Gasteiger partial charge on any atom is 0.327 e. The fourth-order valence-electron chi connectivity index (χ4n) is 4.02. The number of amides is 5. The van der Waals surface area contributed by atoms with Crippen LogP contribution < -0.4 is 5.32 Å². The summed E-state index contributed by atoms with van der Waals surface area (Å²) in [5, 5.41) is 2.87. The van der Waals surface area contributed by atoms with E-state index in [4.69, 9.17) is 0 Å². The van der Waals surface area contributed by atoms with Gasteiger partial charge in [0.25, 0.3) is 5.91 Å². The molecule has 0 aromatic carbocycles. The van der Waals surface area contributed by atoms with Crippen molar-refractivity contribution in [1.29, 1.82) is 0 Å². The van der Waals surface area contributed by atoms with Crippen molar-refractivity contribution in [3.63, 3.8) is 0 Å². The topological polar surface area (TPSA) is 73.0 Å². The number of fused-ring (bicyclic) bond motifs is 1. The Morgan fingerprint density at radius 3 is 2.58 bits per heavy atom. The van der Waals surface area contributed by atoms with Gasteiger partial charge in [-0.15, -0.1) is 0 Å². The first-order chi connectivity index (χ1) is 11.6. The average molecular weight is 336 g/mol. The van der Waals surface area contributed by atoms with Crippen LogP contribution in [0.1, 0.15) is 51.9 Å². The van der Waals surface area contributed by atoms with Crippen LogP contribution in [0.4, 0.5) is 9.59 Å². The van der Waals surface area contributed by atoms with E-state index < -0.39 is 6.04 Å². The summed E-state index contributed by atoms with van der Waals surface area (Å²) >= 11 is 0. The maximum absolute atomic E-state index is 12.9. The van der Waals surface area contributed by atoms with Crippen molar-refractivity contribution in [2.24, 2.45) is 0 Å². The Morgan fingerprint density at radius 2 is 1.88 bits per heavy atom. The Hall–Kier alpha value is -1.79. The van der Waals surface area contributed by atoms with Crippen molar-refractivity contribution in [1.82, 2.24) is 20.0 Å². The van der Waals surface area contributed by atoms with Crippen LogP contribution in [0, 0.1) is 0 Å². The molecule has 7 heteroatoms. The summed E-state index contributed by atoms with van der Waals surface area (Å²) in [5.41, 5.74) is 0. The van der Waals surface area contributed by atoms with Crippen LogP contribution >= 0.6 is 0 Å². The molecule has 1 aliphatic carbocycles. The molecule has 1 N–H and O–H groups in total. The van der Waals surface area contributed by atoms with Gasteiger partial charge in [0.15, 0.2) is 0 Å². The van der Waals surface area contributed by atoms with Crippen molar-refractivity contribution < 1.29 is 14.4 Å². The number of carbonyl (C=O) groups excluding carboxylic acids is 3. The highest BCUT2D eigenvalue weighted by Crippen LogP contribution is 2.30. The number of urea groups is 2. The van der Waals surface area contributed by atoms with Crippen LogP contribution in [-0.4, -0.2) is 70.9 Å². The van der Waals surface area contributed by atoms with Gasteiger partial charge < -0.3 is 15.1 Å². The molecule has 3 fully saturated rings. The predicted octanol–water partition coefficient (Wildman–Crippen LogP) is 1.78. The Morgan fingerprint density at radius 1 is 1.12 bits per heavy atom. The third kappa shape index (κ3) is 3.21. The quantitative estimate of drug-likeness (QED) is 0.799. The van der Waals surface area contributed by atoms with Crippen LogP contribution in [0.5, 0.6) is 0 Å². The molecule has 24 heavy (non-hydrogen) atoms. The van der Waals surface area contributed by atoms with Crippen LogP contribution in [0.3, 0.4) is 0 Å². The highest BCUT2D eigenvalue weighted by molar-refractivity contribution is 6.05. The van der Waals surface area contributed by atoms with Crippen LogP contribution in [0.15, 0.2) is 0 Å². The molecule has 3 aliphatic rings. The zero-order chi connectivity index (χ0) is 17.1. The standard InChI is InChI=1S/C17H28N4O3/c1-2-9-18-16(23)19-10-6-11-20-14(12-19)15(22)21(17(20)24)13-7-4-3-5-8-13/h13-14H,2-12H2,1H3,(H,18,23). The van der Waals surface area contributed by atoms with Gasteiger partial charge in [-0.3, -0.25) is 9.69 Å². The number of carbonyl (C=O) groups is 3. The van der Waals surface area contributed by atoms with Gasteiger partial charge in [-0.05, 0) is 25.7 Å². The van der Waals surface area contributed by atoms with Gasteiger partial charge in [-0.2, -0.15) is 0 Å². The number of hydrogen-bond donors (Lipinski definition) is 1. The third-order valence-corrected chi connectivity index (χ3v) is 5.32. The summed E-state index contributed by atoms with van der Waals surface area (Å²) in [4.78, 5) is 42.8. The van der Waals surface area contributed by atoms with E-state index in [0.29, 0.717) is 32.6 Å². The van der Waals surface area contributed by atoms with Crippen molar-refractivity contribution in [2.75, 3.05) is 26.2 Å². The lowest BCUT2D eigenvalue weighted by Crippen LogP contribution is -2.47. The van der Waals surface area contributed by atoms with Crippen LogP contribution in [-0.2, 0) is 4.79 Å². The minimum atomic E-state index is -0.505. The molecular formula is C17H28N4O3. The first-order valence-electron chi connectivity index (χ1n) is 9.30. The summed E-state index contributed by atoms with van der Waals surface area (Å²) < 4.78 is 0. The van der Waals surface area contributed by atoms with E-state index in [1.165, 1.54) is 11.3 Å². The van der Waals surface area contributed by atoms with Gasteiger partial charge in [0.2, 0.25) is 0 Å². The molecule has 0 spiro atoms. The van der Waals surface area contributed by atoms with Gasteiger partial charge >= 0.3 is 12.1 Å². The van der Waals surface area contributed by atoms with E-state index in [1.54, 1.807) is 9.80 Å². The smallest absolute Gasteiger partial charge is 0.327 e. The van der Waals surface area contributed by atoms with Gasteiger partial charge in [-0.25, -0.2) is 9.59 Å². The molecule has 7 nitrogen and oxygen atoms in total. The summed E-state index contributed by atoms with van der Waals surface area (Å²) in [5.74, 6) is -0.109. The SMILES string of the molecule is CCCNC(=O)N1CCCN2C(=O)N(C3CCCCC3)C(=O)C2C1. The lowest BCUT2D eigenvalue weighted by molar-refractivity contribution is -0.130. The second-order valence-corrected chi connectivity index (χ2v) is 7.02. The van der Waals surface area contributed by atoms with Crippen molar-refractivity contribution in [3.8, 4) is 0 Å². The minimum absolute atomic E-state index is 0.0491. The number of hydrogen-bond acceptors (Lipinski definition) is 3. The normalized spacial score (nSPS) is 25.7. The first-order valence-corrected chi connectivity index (χ1v) is 9.30. The predicted molar refractivity (Wildman–Crippen MR) is 89.5 cm³/mol. The molecule has 2 saturated heterocycles. The van der Waals surface area contributed by atoms with E-state index in [2.05, 4.69) is 5.32 Å². The summed E-state index contributed by atoms with van der Waals surface area (Å²) in [6.45, 7) is 4.09. The zero-order valence-electron chi connectivity index (χ0n) is 14.5. The van der Waals surface area contributed by atoms with Gasteiger partial charge in [0, 0.05) is 25.7 Å². The molecule has 0 aromatic rings. The minimum Gasteiger partial charge on any atom is -0.338 e. The van der Waals surface area contributed by atoms with E-state index in [0.717, 1.165) is 32.1 Å². The largest absolute Gasteiger partial charge is 0.338 e. The molecule has 1 saturated carbocycles. The van der Waals surface area contributed by atoms with E-state index >= 15 is 0 Å². The summed E-state index contributed by atoms with van der Waals surface area (Å²) in [7, 11) is 0. The molecule has 134 valence electrons. The van der Waals surface area contributed by atoms with Crippen molar-refractivity contribution in [3.05, 3.63) is 0 Å². The summed E-state index contributed by atoms with van der Waals surface area (Å²) in [6, 6.07) is -0.731. The molecule has 2 heterocycles. The Labute approximate surface area is 143 Å². The highest BCUT2D eigenvalue weighted by atomic mass is 16.2. The second kappa shape index (κ2) is 7.40. The molecule has 0 radical (unpaired) electrons. The Bertz CT molecular complexity index is 504. The first kappa shape index (κ1) is 17.0. The summed E-state index contributed by atoms with van der Waals surface area (Å²) in [6.07, 6.45) is 6.77. The highest BCUT2D eigenvalue weighted by Gasteiger charge is 2.49. The zero-order valence-corrected chi connectivity index (χ0v) is 14.5. The van der Waals surface area contributed by atoms with E-state index in [-0.39, 0.29) is 24.0 Å². The number of rotatable bonds is 3. The molecule has 1 atom stereocenters. The van der Waals surface area contributed by atoms with Gasteiger partial charge in [0.05, 0.1) is 6.54 Å². The van der Waals surface area contributed by atoms with E-state index in [1.807, 2.05) is 6.92 Å². The monoisotopic (exact) mass is 336 g/mol. The fourth-order valence-corrected chi connectivity index (χ4v) is 4.02. The molecule has 3 rings (SSSR count). The average Bonchev–Trinajstić information content (AvgIpc) is 2.76. The molecule has 0 bridgehead atoms. The van der Waals surface area contributed by atoms with Gasteiger partial charge in [0.1, 0.15) is 6.04 Å². The van der Waals surface area contributed by atoms with Gasteiger partial charge in [-0.1, -0.05) is 26.2 Å². The maximum atomic E-state index is 12.9. The van der Waals surface area contributed by atoms with E-state index in [9.17, 15) is 14.4 Å². The molecule has 5 amide bonds. The fraction of sp³-hybridized carbons (Fsp3) is 0.824. The van der Waals surface area contributed by atoms with Crippen LogP contribution in [0.2, 0.25) is 0 Å². The van der Waals surface area contributed by atoms with Crippen molar-refractivity contribution in [2.45, 2.75) is 64.0 Å². The molecule has 2 aliphatic heterocycles. The molecule has 0 aromatic heterocycles. The second-order valence-electron chi connectivity index (χ2n) is 7.02. The number of nitrogens with zero attached hydrogens (tertiary/aromatic N) is 3. The number of nitrogens with one attached hydrogen (secondary N) is 1. The lowest BCUT2D eigenvalue weighted by Gasteiger charge is -2.29. The molecular weight excluding hydrogens is 308 g/mol. The lowest BCUT2D eigenvalue weighted by atomic mass is 9.94. The third-order valence-electron chi connectivity index (χ3n) is 5.32. The van der Waals surface area contributed by atoms with Crippen LogP contribution in [0.25, 0.3) is 0 Å². The molecule has 1 unspecified atom stereocenters. The Kier molecular flexibility index (Phi) is 5.26. The Balaban J connectivity index is 1.71. The van der Waals surface area contributed by atoms with Crippen molar-refractivity contribution >= 4 is 18.0 Å².